The fourth-order valence-corrected chi connectivity index (χ4v) is 4.53. The monoisotopic (exact) mass is 480 g/mol. The molecule has 4 nitrogen and oxygen atoms in total. The van der Waals surface area contributed by atoms with Gasteiger partial charge >= 0.3 is 0 Å². The molecule has 0 spiro atoms. The first-order valence-electron chi connectivity index (χ1n) is 10.6. The average Bonchev–Trinajstić information content (AvgIpc) is 2.75. The molecule has 0 aromatic heterocycles. The third kappa shape index (κ3) is 7.74. The topological polar surface area (TPSA) is 49.4 Å². The van der Waals surface area contributed by atoms with Gasteiger partial charge in [-0.1, -0.05) is 60.8 Å². The third-order valence-electron chi connectivity index (χ3n) is 4.93. The summed E-state index contributed by atoms with van der Waals surface area (Å²) in [5.41, 5.74) is 1.86. The number of halogens is 2. The second-order valence-corrected chi connectivity index (χ2v) is 9.33. The molecule has 1 atom stereocenters. The molecule has 2 rings (SSSR count). The number of carbonyl (C=O) groups excluding carboxylic acids is 2. The van der Waals surface area contributed by atoms with Gasteiger partial charge in [-0.2, -0.15) is 0 Å². The van der Waals surface area contributed by atoms with Gasteiger partial charge in [-0.05, 0) is 44.0 Å². The molecule has 2 aromatic carbocycles. The highest BCUT2D eigenvalue weighted by molar-refractivity contribution is 7.99. The predicted molar refractivity (Wildman–Crippen MR) is 131 cm³/mol. The molecule has 7 heteroatoms. The maximum absolute atomic E-state index is 13.2. The van der Waals surface area contributed by atoms with E-state index in [2.05, 4.69) is 29.6 Å². The Morgan fingerprint density at radius 1 is 1.06 bits per heavy atom. The van der Waals surface area contributed by atoms with Gasteiger partial charge in [0.15, 0.2) is 0 Å². The van der Waals surface area contributed by atoms with Gasteiger partial charge < -0.3 is 10.2 Å². The van der Waals surface area contributed by atoms with E-state index in [4.69, 9.17) is 23.2 Å². The van der Waals surface area contributed by atoms with Gasteiger partial charge in [-0.25, -0.2) is 0 Å². The summed E-state index contributed by atoms with van der Waals surface area (Å²) in [5, 5.41) is 3.89. The quantitative estimate of drug-likeness (QED) is 0.394. The van der Waals surface area contributed by atoms with E-state index in [-0.39, 0.29) is 18.4 Å². The summed E-state index contributed by atoms with van der Waals surface area (Å²) in [6.45, 7) is 6.73. The van der Waals surface area contributed by atoms with E-state index in [0.717, 1.165) is 11.3 Å². The zero-order valence-corrected chi connectivity index (χ0v) is 20.6. The Balaban J connectivity index is 2.17. The van der Waals surface area contributed by atoms with Crippen LogP contribution in [0.2, 0.25) is 10.0 Å². The average molecular weight is 481 g/mol. The molecule has 168 valence electrons. The molecule has 2 aromatic rings. The Kier molecular flexibility index (Phi) is 10.7. The van der Waals surface area contributed by atoms with Crippen LogP contribution in [0.25, 0.3) is 0 Å². The van der Waals surface area contributed by atoms with E-state index < -0.39 is 6.04 Å². The summed E-state index contributed by atoms with van der Waals surface area (Å²) in [5.74, 6) is 0.392. The van der Waals surface area contributed by atoms with Gasteiger partial charge in [0, 0.05) is 45.8 Å². The van der Waals surface area contributed by atoms with Crippen molar-refractivity contribution in [1.29, 1.82) is 0 Å². The maximum atomic E-state index is 13.2. The highest BCUT2D eigenvalue weighted by Crippen LogP contribution is 2.28. The smallest absolute Gasteiger partial charge is 0.242 e. The standard InChI is InChI=1S/C24H30Cl2N2O2S/c1-4-14-27-24(30)22(5-2)28(16-19-20(25)7-6-8-21(19)26)23(29)13-15-31-18-11-9-17(3)10-12-18/h6-12,22H,4-5,13-16H2,1-3H3,(H,27,30). The number of amides is 2. The van der Waals surface area contributed by atoms with E-state index in [1.165, 1.54) is 5.56 Å². The van der Waals surface area contributed by atoms with Crippen LogP contribution in [-0.2, 0) is 16.1 Å². The van der Waals surface area contributed by atoms with Crippen LogP contribution in [0.5, 0.6) is 0 Å². The highest BCUT2D eigenvalue weighted by atomic mass is 35.5. The number of carbonyl (C=O) groups is 2. The highest BCUT2D eigenvalue weighted by Gasteiger charge is 2.29. The number of rotatable bonds is 11. The Morgan fingerprint density at radius 2 is 1.71 bits per heavy atom. The molecular formula is C24H30Cl2N2O2S. The number of benzene rings is 2. The van der Waals surface area contributed by atoms with Crippen LogP contribution in [0.15, 0.2) is 47.4 Å². The summed E-state index contributed by atoms with van der Waals surface area (Å²) in [7, 11) is 0. The molecule has 1 N–H and O–H groups in total. The normalized spacial score (nSPS) is 11.8. The van der Waals surface area contributed by atoms with Crippen molar-refractivity contribution < 1.29 is 9.59 Å². The molecule has 2 amide bonds. The molecule has 0 aliphatic carbocycles. The molecule has 31 heavy (non-hydrogen) atoms. The minimum atomic E-state index is -0.573. The first kappa shape index (κ1) is 25.6. The van der Waals surface area contributed by atoms with Gasteiger partial charge in [0.1, 0.15) is 6.04 Å². The third-order valence-corrected chi connectivity index (χ3v) is 6.65. The zero-order valence-electron chi connectivity index (χ0n) is 18.3. The lowest BCUT2D eigenvalue weighted by molar-refractivity contribution is -0.141. The van der Waals surface area contributed by atoms with Crippen LogP contribution >= 0.6 is 35.0 Å². The predicted octanol–water partition coefficient (Wildman–Crippen LogP) is 6.12. The number of hydrogen-bond acceptors (Lipinski definition) is 3. The molecule has 1 unspecified atom stereocenters. The van der Waals surface area contributed by atoms with Crippen molar-refractivity contribution in [1.82, 2.24) is 10.2 Å². The van der Waals surface area contributed by atoms with Crippen molar-refractivity contribution in [3.05, 3.63) is 63.6 Å². The summed E-state index contributed by atoms with van der Waals surface area (Å²) in [6, 6.07) is 12.9. The van der Waals surface area contributed by atoms with Crippen molar-refractivity contribution in [2.75, 3.05) is 12.3 Å². The molecule has 0 aliphatic rings. The summed E-state index contributed by atoms with van der Waals surface area (Å²) in [4.78, 5) is 28.8. The van der Waals surface area contributed by atoms with Gasteiger partial charge in [-0.15, -0.1) is 11.8 Å². The maximum Gasteiger partial charge on any atom is 0.242 e. The number of nitrogens with zero attached hydrogens (tertiary/aromatic N) is 1. The summed E-state index contributed by atoms with van der Waals surface area (Å²) < 4.78 is 0. The molecule has 0 saturated carbocycles. The Morgan fingerprint density at radius 3 is 2.29 bits per heavy atom. The van der Waals surface area contributed by atoms with Crippen LogP contribution in [0, 0.1) is 6.92 Å². The Labute approximate surface area is 199 Å². The second kappa shape index (κ2) is 13.0. The zero-order chi connectivity index (χ0) is 22.8. The number of thioether (sulfide) groups is 1. The molecule has 0 heterocycles. The van der Waals surface area contributed by atoms with Crippen molar-refractivity contribution in [2.45, 2.75) is 57.5 Å². The first-order chi connectivity index (χ1) is 14.9. The van der Waals surface area contributed by atoms with Crippen LogP contribution < -0.4 is 5.32 Å². The lowest BCUT2D eigenvalue weighted by Gasteiger charge is -2.31. The van der Waals surface area contributed by atoms with Gasteiger partial charge in [0.25, 0.3) is 0 Å². The second-order valence-electron chi connectivity index (χ2n) is 7.35. The van der Waals surface area contributed by atoms with Crippen LogP contribution in [0.4, 0.5) is 0 Å². The lowest BCUT2D eigenvalue weighted by atomic mass is 10.1. The largest absolute Gasteiger partial charge is 0.354 e. The van der Waals surface area contributed by atoms with Gasteiger partial charge in [0.05, 0.1) is 0 Å². The first-order valence-corrected chi connectivity index (χ1v) is 12.3. The lowest BCUT2D eigenvalue weighted by Crippen LogP contribution is -2.49. The van der Waals surface area contributed by atoms with E-state index in [1.807, 2.05) is 20.8 Å². The Hall–Kier alpha value is -1.69. The SMILES string of the molecule is CCCNC(=O)C(CC)N(Cc1c(Cl)cccc1Cl)C(=O)CCSc1ccc(C)cc1. The van der Waals surface area contributed by atoms with Crippen molar-refractivity contribution in [3.8, 4) is 0 Å². The molecule has 0 aliphatic heterocycles. The minimum Gasteiger partial charge on any atom is -0.354 e. The fourth-order valence-electron chi connectivity index (χ4n) is 3.17. The number of nitrogens with one attached hydrogen (secondary N) is 1. The molecular weight excluding hydrogens is 451 g/mol. The van der Waals surface area contributed by atoms with Crippen LogP contribution in [-0.4, -0.2) is 35.1 Å². The molecule has 0 saturated heterocycles. The van der Waals surface area contributed by atoms with Gasteiger partial charge in [-0.3, -0.25) is 9.59 Å². The van der Waals surface area contributed by atoms with E-state index in [1.54, 1.807) is 34.9 Å². The van der Waals surface area contributed by atoms with Crippen LogP contribution in [0.1, 0.15) is 44.2 Å². The minimum absolute atomic E-state index is 0.0888. The van der Waals surface area contributed by atoms with Gasteiger partial charge in [0.2, 0.25) is 11.8 Å². The number of aryl methyl sites for hydroxylation is 1. The Bertz CT molecular complexity index is 854. The molecule has 0 radical (unpaired) electrons. The summed E-state index contributed by atoms with van der Waals surface area (Å²) >= 11 is 14.3. The van der Waals surface area contributed by atoms with E-state index >= 15 is 0 Å². The molecule has 0 fully saturated rings. The van der Waals surface area contributed by atoms with Crippen LogP contribution in [0.3, 0.4) is 0 Å². The fraction of sp³-hybridized carbons (Fsp3) is 0.417. The van der Waals surface area contributed by atoms with E-state index in [0.29, 0.717) is 40.7 Å². The van der Waals surface area contributed by atoms with Crippen molar-refractivity contribution in [2.24, 2.45) is 0 Å². The number of hydrogen-bond donors (Lipinski definition) is 1. The van der Waals surface area contributed by atoms with E-state index in [9.17, 15) is 9.59 Å². The van der Waals surface area contributed by atoms with Crippen molar-refractivity contribution in [3.63, 3.8) is 0 Å². The summed E-state index contributed by atoms with van der Waals surface area (Å²) in [6.07, 6.45) is 1.66. The van der Waals surface area contributed by atoms with Crippen molar-refractivity contribution >= 4 is 46.8 Å². The molecule has 0 bridgehead atoms.